The van der Waals surface area contributed by atoms with Gasteiger partial charge in [0.2, 0.25) is 0 Å². The minimum atomic E-state index is -0.106. The number of amides is 1. The summed E-state index contributed by atoms with van der Waals surface area (Å²) in [6.07, 6.45) is 6.57. The molecule has 0 atom stereocenters. The van der Waals surface area contributed by atoms with Crippen molar-refractivity contribution in [3.63, 3.8) is 0 Å². The molecule has 0 aromatic heterocycles. The number of nitrogens with zero attached hydrogens (tertiary/aromatic N) is 1. The van der Waals surface area contributed by atoms with E-state index < -0.39 is 0 Å². The lowest BCUT2D eigenvalue weighted by Crippen LogP contribution is -2.46. The zero-order chi connectivity index (χ0) is 17.5. The van der Waals surface area contributed by atoms with Gasteiger partial charge in [-0.05, 0) is 79.0 Å². The van der Waals surface area contributed by atoms with E-state index in [2.05, 4.69) is 22.7 Å². The van der Waals surface area contributed by atoms with Crippen LogP contribution in [0.1, 0.15) is 42.5 Å². The van der Waals surface area contributed by atoms with Gasteiger partial charge in [-0.1, -0.05) is 42.5 Å². The van der Waals surface area contributed by atoms with Gasteiger partial charge in [0.05, 0.1) is 0 Å². The fourth-order valence-electron chi connectivity index (χ4n) is 5.47. The number of hydrazone groups is 1. The van der Waals surface area contributed by atoms with Crippen molar-refractivity contribution in [3.8, 4) is 11.1 Å². The van der Waals surface area contributed by atoms with E-state index in [-0.39, 0.29) is 5.91 Å². The van der Waals surface area contributed by atoms with Crippen LogP contribution >= 0.6 is 0 Å². The van der Waals surface area contributed by atoms with Crippen LogP contribution in [0.3, 0.4) is 0 Å². The summed E-state index contributed by atoms with van der Waals surface area (Å²) in [4.78, 5) is 12.5. The highest BCUT2D eigenvalue weighted by Crippen LogP contribution is 2.52. The first-order chi connectivity index (χ1) is 12.8. The van der Waals surface area contributed by atoms with E-state index in [1.165, 1.54) is 37.8 Å². The first-order valence-corrected chi connectivity index (χ1v) is 9.79. The molecule has 2 aromatic rings. The van der Waals surface area contributed by atoms with Gasteiger partial charge in [0.25, 0.3) is 5.91 Å². The minimum Gasteiger partial charge on any atom is -0.267 e. The van der Waals surface area contributed by atoms with Crippen LogP contribution in [-0.4, -0.2) is 11.6 Å². The van der Waals surface area contributed by atoms with Crippen LogP contribution in [0.5, 0.6) is 0 Å². The maximum absolute atomic E-state index is 12.5. The first-order valence-electron chi connectivity index (χ1n) is 9.79. The molecule has 1 N–H and O–H groups in total. The average molecular weight is 344 g/mol. The Morgan fingerprint density at radius 1 is 0.769 bits per heavy atom. The van der Waals surface area contributed by atoms with E-state index in [0.29, 0.717) is 17.4 Å². The van der Waals surface area contributed by atoms with Crippen LogP contribution in [-0.2, 0) is 0 Å². The molecule has 0 unspecified atom stereocenters. The van der Waals surface area contributed by atoms with Crippen molar-refractivity contribution in [2.24, 2.45) is 28.8 Å². The molecule has 3 nitrogen and oxygen atoms in total. The Labute approximate surface area is 154 Å². The van der Waals surface area contributed by atoms with Gasteiger partial charge >= 0.3 is 0 Å². The third-order valence-corrected chi connectivity index (χ3v) is 6.52. The number of benzene rings is 2. The molecule has 4 bridgehead atoms. The van der Waals surface area contributed by atoms with Crippen molar-refractivity contribution in [2.45, 2.75) is 32.1 Å². The highest BCUT2D eigenvalue weighted by atomic mass is 16.2. The Bertz CT molecular complexity index is 808. The van der Waals surface area contributed by atoms with E-state index >= 15 is 0 Å². The maximum atomic E-state index is 12.5. The summed E-state index contributed by atoms with van der Waals surface area (Å²) in [6.45, 7) is 0. The largest absolute Gasteiger partial charge is 0.271 e. The molecule has 1 amide bonds. The van der Waals surface area contributed by atoms with Crippen LogP contribution in [0.2, 0.25) is 0 Å². The summed E-state index contributed by atoms with van der Waals surface area (Å²) in [5.41, 5.74) is 7.05. The number of carbonyl (C=O) groups is 1. The molecule has 0 heterocycles. The first kappa shape index (κ1) is 15.8. The van der Waals surface area contributed by atoms with Gasteiger partial charge in [-0.3, -0.25) is 4.79 Å². The molecule has 4 aliphatic carbocycles. The van der Waals surface area contributed by atoms with Crippen LogP contribution in [0.4, 0.5) is 0 Å². The fraction of sp³-hybridized carbons (Fsp3) is 0.391. The lowest BCUT2D eigenvalue weighted by molar-refractivity contribution is 0.0942. The van der Waals surface area contributed by atoms with Gasteiger partial charge in [0.15, 0.2) is 0 Å². The van der Waals surface area contributed by atoms with Gasteiger partial charge in [-0.25, -0.2) is 5.43 Å². The van der Waals surface area contributed by atoms with E-state index in [1.807, 2.05) is 42.5 Å². The molecule has 3 heteroatoms. The smallest absolute Gasteiger partial charge is 0.267 e. The average Bonchev–Trinajstić information content (AvgIpc) is 2.67. The Hall–Kier alpha value is -2.42. The number of hydrogen-bond donors (Lipinski definition) is 1. The van der Waals surface area contributed by atoms with Gasteiger partial charge < -0.3 is 0 Å². The summed E-state index contributed by atoms with van der Waals surface area (Å²) in [6, 6.07) is 18.0. The van der Waals surface area contributed by atoms with Crippen molar-refractivity contribution in [1.82, 2.24) is 5.43 Å². The molecule has 0 aliphatic heterocycles. The topological polar surface area (TPSA) is 41.5 Å². The van der Waals surface area contributed by atoms with Crippen LogP contribution < -0.4 is 5.43 Å². The van der Waals surface area contributed by atoms with Crippen molar-refractivity contribution in [2.75, 3.05) is 0 Å². The second-order valence-corrected chi connectivity index (χ2v) is 8.23. The Balaban J connectivity index is 1.29. The van der Waals surface area contributed by atoms with Gasteiger partial charge in [0.1, 0.15) is 0 Å². The molecule has 4 fully saturated rings. The molecule has 0 radical (unpaired) electrons. The predicted octanol–water partition coefficient (Wildman–Crippen LogP) is 4.90. The Kier molecular flexibility index (Phi) is 3.88. The van der Waals surface area contributed by atoms with Crippen molar-refractivity contribution >= 4 is 11.6 Å². The predicted molar refractivity (Wildman–Crippen MR) is 104 cm³/mol. The molecule has 26 heavy (non-hydrogen) atoms. The maximum Gasteiger partial charge on any atom is 0.271 e. The normalized spacial score (nSPS) is 28.8. The zero-order valence-corrected chi connectivity index (χ0v) is 14.9. The fourth-order valence-corrected chi connectivity index (χ4v) is 5.47. The van der Waals surface area contributed by atoms with E-state index in [1.54, 1.807) is 0 Å². The Morgan fingerprint density at radius 3 is 1.96 bits per heavy atom. The summed E-state index contributed by atoms with van der Waals surface area (Å²) >= 11 is 0. The molecular formula is C23H24N2O. The summed E-state index contributed by atoms with van der Waals surface area (Å²) in [5, 5.41) is 4.60. The van der Waals surface area contributed by atoms with Crippen molar-refractivity contribution < 1.29 is 4.79 Å². The van der Waals surface area contributed by atoms with E-state index in [9.17, 15) is 4.79 Å². The quantitative estimate of drug-likeness (QED) is 0.791. The highest BCUT2D eigenvalue weighted by Gasteiger charge is 2.46. The lowest BCUT2D eigenvalue weighted by atomic mass is 9.55. The molecule has 0 spiro atoms. The molecule has 2 aromatic carbocycles. The molecule has 4 saturated carbocycles. The minimum absolute atomic E-state index is 0.106. The second kappa shape index (κ2) is 6.39. The van der Waals surface area contributed by atoms with E-state index in [0.717, 1.165) is 23.0 Å². The van der Waals surface area contributed by atoms with Crippen molar-refractivity contribution in [1.29, 1.82) is 0 Å². The third kappa shape index (κ3) is 2.86. The zero-order valence-electron chi connectivity index (χ0n) is 14.9. The number of rotatable bonds is 3. The standard InChI is InChI=1S/C23H24N2O/c26-23(19-8-6-18(7-9-19)17-4-2-1-3-5-17)25-24-22-20-11-15-10-16(13-20)14-21(22)12-15/h1-9,15-16,20-21H,10-14H2,(H,25,26). The molecular weight excluding hydrogens is 320 g/mol. The van der Waals surface area contributed by atoms with Crippen LogP contribution in [0, 0.1) is 23.7 Å². The van der Waals surface area contributed by atoms with E-state index in [4.69, 9.17) is 0 Å². The lowest BCUT2D eigenvalue weighted by Gasteiger charge is -2.50. The van der Waals surface area contributed by atoms with Crippen LogP contribution in [0.25, 0.3) is 11.1 Å². The number of hydrogen-bond acceptors (Lipinski definition) is 2. The number of nitrogens with one attached hydrogen (secondary N) is 1. The highest BCUT2D eigenvalue weighted by molar-refractivity contribution is 5.97. The summed E-state index contributed by atoms with van der Waals surface area (Å²) in [7, 11) is 0. The second-order valence-electron chi connectivity index (χ2n) is 8.23. The van der Waals surface area contributed by atoms with Gasteiger partial charge in [-0.2, -0.15) is 5.10 Å². The monoisotopic (exact) mass is 344 g/mol. The third-order valence-electron chi connectivity index (χ3n) is 6.52. The van der Waals surface area contributed by atoms with Gasteiger partial charge in [0, 0.05) is 11.3 Å². The Morgan fingerprint density at radius 2 is 1.35 bits per heavy atom. The molecule has 4 aliphatic rings. The SMILES string of the molecule is O=C(NN=C1C2CC3CC(C2)CC1C3)c1ccc(-c2ccccc2)cc1. The molecule has 0 saturated heterocycles. The molecule has 6 rings (SSSR count). The number of carbonyl (C=O) groups excluding carboxylic acids is 1. The van der Waals surface area contributed by atoms with Gasteiger partial charge in [-0.15, -0.1) is 0 Å². The summed E-state index contributed by atoms with van der Waals surface area (Å²) < 4.78 is 0. The summed E-state index contributed by atoms with van der Waals surface area (Å²) in [5.74, 6) is 2.96. The van der Waals surface area contributed by atoms with Crippen LogP contribution in [0.15, 0.2) is 59.7 Å². The molecule has 132 valence electrons. The van der Waals surface area contributed by atoms with Crippen molar-refractivity contribution in [3.05, 3.63) is 60.2 Å².